The zero-order valence-corrected chi connectivity index (χ0v) is 16.5. The monoisotopic (exact) mass is 400 g/mol. The van der Waals surface area contributed by atoms with Crippen LogP contribution < -0.4 is 4.90 Å². The molecule has 0 saturated carbocycles. The second-order valence-electron chi connectivity index (χ2n) is 6.38. The number of nitrogens with zero attached hydrogens (tertiary/aromatic N) is 2. The number of hydrogen-bond acceptors (Lipinski definition) is 5. The van der Waals surface area contributed by atoms with Crippen molar-refractivity contribution in [1.29, 1.82) is 0 Å². The Morgan fingerprint density at radius 2 is 2.00 bits per heavy atom. The highest BCUT2D eigenvalue weighted by atomic mass is 35.5. The molecule has 0 spiro atoms. The van der Waals surface area contributed by atoms with Crippen LogP contribution in [-0.2, 0) is 19.1 Å². The van der Waals surface area contributed by atoms with E-state index in [4.69, 9.17) is 21.1 Å². The van der Waals surface area contributed by atoms with Crippen LogP contribution in [-0.4, -0.2) is 50.5 Å². The van der Waals surface area contributed by atoms with E-state index < -0.39 is 12.1 Å². The zero-order valence-electron chi connectivity index (χ0n) is 15.7. The number of aliphatic imine (C=N–C) groups is 1. The Morgan fingerprint density at radius 3 is 2.68 bits per heavy atom. The van der Waals surface area contributed by atoms with Crippen LogP contribution in [0.4, 0.5) is 5.69 Å². The number of halogens is 1. The van der Waals surface area contributed by atoms with Crippen molar-refractivity contribution >= 4 is 34.9 Å². The third-order valence-corrected chi connectivity index (χ3v) is 4.53. The molecule has 1 heterocycles. The lowest BCUT2D eigenvalue weighted by molar-refractivity contribution is -0.148. The fourth-order valence-corrected chi connectivity index (χ4v) is 3.35. The summed E-state index contributed by atoms with van der Waals surface area (Å²) in [5.41, 5.74) is 3.02. The van der Waals surface area contributed by atoms with Crippen LogP contribution in [0.1, 0.15) is 18.1 Å². The van der Waals surface area contributed by atoms with Gasteiger partial charge in [0.1, 0.15) is 12.6 Å². The quantitative estimate of drug-likeness (QED) is 0.699. The van der Waals surface area contributed by atoms with Crippen LogP contribution >= 0.6 is 11.6 Å². The number of amides is 1. The Bertz CT molecular complexity index is 899. The highest BCUT2D eigenvalue weighted by molar-refractivity contribution is 6.32. The molecule has 0 saturated heterocycles. The third-order valence-electron chi connectivity index (χ3n) is 4.30. The first-order valence-electron chi connectivity index (χ1n) is 8.86. The molecule has 1 aliphatic rings. The fourth-order valence-electron chi connectivity index (χ4n) is 3.18. The number of methoxy groups -OCH3 is 1. The minimum absolute atomic E-state index is 0.0176. The molecule has 2 aromatic carbocycles. The lowest BCUT2D eigenvalue weighted by Gasteiger charge is -2.27. The van der Waals surface area contributed by atoms with E-state index in [1.54, 1.807) is 23.1 Å². The highest BCUT2D eigenvalue weighted by Gasteiger charge is 2.28. The molecule has 1 aliphatic heterocycles. The van der Waals surface area contributed by atoms with Gasteiger partial charge in [-0.1, -0.05) is 41.9 Å². The number of fused-ring (bicyclic) bond motifs is 1. The summed E-state index contributed by atoms with van der Waals surface area (Å²) >= 11 is 6.24. The van der Waals surface area contributed by atoms with Crippen LogP contribution in [0.5, 0.6) is 0 Å². The van der Waals surface area contributed by atoms with E-state index >= 15 is 0 Å². The van der Waals surface area contributed by atoms with Gasteiger partial charge >= 0.3 is 5.97 Å². The van der Waals surface area contributed by atoms with Gasteiger partial charge in [0.15, 0.2) is 0 Å². The Labute approximate surface area is 168 Å². The first-order chi connectivity index (χ1) is 13.5. The molecule has 28 heavy (non-hydrogen) atoms. The summed E-state index contributed by atoms with van der Waals surface area (Å²) in [4.78, 5) is 30.4. The molecule has 146 valence electrons. The van der Waals surface area contributed by atoms with Crippen molar-refractivity contribution in [3.05, 3.63) is 64.7 Å². The van der Waals surface area contributed by atoms with Gasteiger partial charge in [-0.25, -0.2) is 0 Å². The summed E-state index contributed by atoms with van der Waals surface area (Å²) in [6.45, 7) is 1.66. The minimum Gasteiger partial charge on any atom is -0.458 e. The topological polar surface area (TPSA) is 68.2 Å². The van der Waals surface area contributed by atoms with Crippen molar-refractivity contribution in [2.24, 2.45) is 4.99 Å². The molecular formula is C21H21ClN2O4. The maximum absolute atomic E-state index is 12.9. The van der Waals surface area contributed by atoms with Gasteiger partial charge in [-0.2, -0.15) is 0 Å². The SMILES string of the molecule is COCC(CN1C(=O)CN=C(c2ccccc2)c2cc(Cl)ccc21)OC(C)=O. The van der Waals surface area contributed by atoms with Gasteiger partial charge in [0.25, 0.3) is 0 Å². The molecule has 6 nitrogen and oxygen atoms in total. The molecule has 1 amide bonds. The summed E-state index contributed by atoms with van der Waals surface area (Å²) in [5, 5.41) is 0.546. The maximum Gasteiger partial charge on any atom is 0.303 e. The van der Waals surface area contributed by atoms with E-state index in [-0.39, 0.29) is 25.6 Å². The van der Waals surface area contributed by atoms with E-state index in [1.165, 1.54) is 14.0 Å². The summed E-state index contributed by atoms with van der Waals surface area (Å²) in [6, 6.07) is 15.0. The normalized spacial score (nSPS) is 14.8. The molecule has 2 aromatic rings. The van der Waals surface area contributed by atoms with Crippen molar-refractivity contribution in [3.63, 3.8) is 0 Å². The van der Waals surface area contributed by atoms with Gasteiger partial charge in [0, 0.05) is 30.2 Å². The van der Waals surface area contributed by atoms with Crippen molar-refractivity contribution in [2.45, 2.75) is 13.0 Å². The van der Waals surface area contributed by atoms with Crippen LogP contribution in [0.3, 0.4) is 0 Å². The largest absolute Gasteiger partial charge is 0.458 e. The molecule has 0 bridgehead atoms. The van der Waals surface area contributed by atoms with Gasteiger partial charge in [-0.15, -0.1) is 0 Å². The van der Waals surface area contributed by atoms with E-state index in [9.17, 15) is 9.59 Å². The standard InChI is InChI=1S/C21H21ClN2O4/c1-14(25)28-17(13-27-2)12-24-19-9-8-16(22)10-18(19)21(23-11-20(24)26)15-6-4-3-5-7-15/h3-10,17H,11-13H2,1-2H3. The van der Waals surface area contributed by atoms with Gasteiger partial charge in [-0.05, 0) is 18.2 Å². The van der Waals surface area contributed by atoms with E-state index in [0.29, 0.717) is 16.4 Å². The smallest absolute Gasteiger partial charge is 0.303 e. The number of carbonyl (C=O) groups is 2. The van der Waals surface area contributed by atoms with Crippen LogP contribution in [0.2, 0.25) is 5.02 Å². The highest BCUT2D eigenvalue weighted by Crippen LogP contribution is 2.30. The molecule has 0 fully saturated rings. The number of hydrogen-bond donors (Lipinski definition) is 0. The zero-order chi connectivity index (χ0) is 20.1. The summed E-state index contributed by atoms with van der Waals surface area (Å²) in [5.74, 6) is -0.621. The third kappa shape index (κ3) is 4.58. The predicted octanol–water partition coefficient (Wildman–Crippen LogP) is 3.10. The molecule has 7 heteroatoms. The first-order valence-corrected chi connectivity index (χ1v) is 9.23. The number of rotatable bonds is 6. The second kappa shape index (κ2) is 8.99. The Kier molecular flexibility index (Phi) is 6.44. The van der Waals surface area contributed by atoms with Gasteiger partial charge < -0.3 is 14.4 Å². The molecule has 0 aromatic heterocycles. The Morgan fingerprint density at radius 1 is 1.25 bits per heavy atom. The fraction of sp³-hybridized carbons (Fsp3) is 0.286. The van der Waals surface area contributed by atoms with Crippen LogP contribution in [0, 0.1) is 0 Å². The second-order valence-corrected chi connectivity index (χ2v) is 6.82. The van der Waals surface area contributed by atoms with Crippen molar-refractivity contribution in [3.8, 4) is 0 Å². The van der Waals surface area contributed by atoms with Crippen molar-refractivity contribution in [2.75, 3.05) is 31.7 Å². The maximum atomic E-state index is 12.9. The number of benzene rings is 2. The van der Waals surface area contributed by atoms with Crippen molar-refractivity contribution < 1.29 is 19.1 Å². The Hall–Kier alpha value is -2.70. The Balaban J connectivity index is 2.03. The van der Waals surface area contributed by atoms with Crippen LogP contribution in [0.25, 0.3) is 0 Å². The minimum atomic E-state index is -0.590. The molecule has 3 rings (SSSR count). The van der Waals surface area contributed by atoms with Crippen LogP contribution in [0.15, 0.2) is 53.5 Å². The lowest BCUT2D eigenvalue weighted by Crippen LogP contribution is -2.42. The van der Waals surface area contributed by atoms with Gasteiger partial charge in [-0.3, -0.25) is 14.6 Å². The summed E-state index contributed by atoms with van der Waals surface area (Å²) in [6.07, 6.45) is -0.590. The van der Waals surface area contributed by atoms with Gasteiger partial charge in [0.2, 0.25) is 5.91 Å². The lowest BCUT2D eigenvalue weighted by atomic mass is 10.00. The molecular weight excluding hydrogens is 380 g/mol. The average Bonchev–Trinajstić information content (AvgIpc) is 2.79. The van der Waals surface area contributed by atoms with Gasteiger partial charge in [0.05, 0.1) is 24.6 Å². The number of anilines is 1. The summed E-state index contributed by atoms with van der Waals surface area (Å²) in [7, 11) is 1.52. The van der Waals surface area contributed by atoms with E-state index in [2.05, 4.69) is 4.99 Å². The van der Waals surface area contributed by atoms with E-state index in [0.717, 1.165) is 11.1 Å². The molecule has 0 N–H and O–H groups in total. The number of benzodiazepines with no additional fused rings is 1. The molecule has 0 aliphatic carbocycles. The predicted molar refractivity (Wildman–Crippen MR) is 108 cm³/mol. The summed E-state index contributed by atoms with van der Waals surface area (Å²) < 4.78 is 10.5. The first kappa shape index (κ1) is 20.0. The van der Waals surface area contributed by atoms with Crippen molar-refractivity contribution in [1.82, 2.24) is 0 Å². The number of esters is 1. The molecule has 1 atom stereocenters. The molecule has 1 unspecified atom stereocenters. The number of ether oxygens (including phenoxy) is 2. The number of carbonyl (C=O) groups excluding carboxylic acids is 2. The van der Waals surface area contributed by atoms with E-state index in [1.807, 2.05) is 30.3 Å². The average molecular weight is 401 g/mol. The molecule has 0 radical (unpaired) electrons.